The number of benzene rings is 1. The van der Waals surface area contributed by atoms with Crippen LogP contribution in [0.3, 0.4) is 0 Å². The molecule has 1 aliphatic carbocycles. The number of amides is 2. The monoisotopic (exact) mass is 449 g/mol. The number of hydrogen-bond acceptors (Lipinski definition) is 5. The highest BCUT2D eigenvalue weighted by Crippen LogP contribution is 2.30. The van der Waals surface area contributed by atoms with Crippen LogP contribution in [0.15, 0.2) is 30.4 Å². The van der Waals surface area contributed by atoms with Crippen LogP contribution < -0.4 is 10.1 Å². The molecule has 0 spiro atoms. The van der Waals surface area contributed by atoms with E-state index in [1.165, 1.54) is 17.5 Å². The first-order chi connectivity index (χ1) is 15.1. The number of ether oxygens (including phenoxy) is 1. The molecule has 0 unspecified atom stereocenters. The largest absolute Gasteiger partial charge is 0.491 e. The van der Waals surface area contributed by atoms with E-state index < -0.39 is 11.9 Å². The van der Waals surface area contributed by atoms with Crippen LogP contribution >= 0.6 is 0 Å². The Hall–Kier alpha value is -3.07. The van der Waals surface area contributed by atoms with Crippen molar-refractivity contribution in [3.05, 3.63) is 41.5 Å². The maximum atomic E-state index is 12.3. The van der Waals surface area contributed by atoms with Crippen molar-refractivity contribution >= 4 is 18.0 Å². The summed E-state index contributed by atoms with van der Waals surface area (Å²) in [5.74, 6) is -1.53. The number of hydrogen-bond donors (Lipinski definition) is 3. The minimum absolute atomic E-state index is 0.0197. The highest BCUT2D eigenvalue weighted by atomic mass is 16.5. The van der Waals surface area contributed by atoms with Gasteiger partial charge in [-0.3, -0.25) is 0 Å². The molecular formula is C23H35N3O6. The van der Waals surface area contributed by atoms with Gasteiger partial charge >= 0.3 is 18.0 Å². The molecule has 9 heteroatoms. The number of carboxylic acids is 2. The van der Waals surface area contributed by atoms with Gasteiger partial charge in [0, 0.05) is 31.3 Å². The molecule has 2 rings (SSSR count). The predicted octanol–water partition coefficient (Wildman–Crippen LogP) is 2.25. The topological polar surface area (TPSA) is 119 Å². The van der Waals surface area contributed by atoms with Gasteiger partial charge in [0.2, 0.25) is 0 Å². The number of urea groups is 1. The standard InChI is InChI=1S/C19H31N3O2.C4H4O4/c1-15(2)22(13-12-21(3)4)19(23)20-11-14-24-18-10-6-8-16-7-5-9-17(16)18;5-3(6)1-2-4(7)8/h6,8,10,15H,5,7,9,11-14H2,1-4H3,(H,20,23);1-2H,(H,5,6)(H,7,8)/b;2-1-. The van der Waals surface area contributed by atoms with Crippen LogP contribution in [-0.2, 0) is 22.4 Å². The Morgan fingerprint density at radius 3 is 2.31 bits per heavy atom. The van der Waals surface area contributed by atoms with Crippen LogP contribution in [0.4, 0.5) is 4.79 Å². The SMILES string of the molecule is CC(C)N(CCN(C)C)C(=O)NCCOc1cccc2c1CCC2.O=C(O)/C=C\C(=O)O. The average molecular weight is 450 g/mol. The molecule has 0 fully saturated rings. The average Bonchev–Trinajstić information content (AvgIpc) is 3.19. The number of carbonyl (C=O) groups is 3. The molecule has 2 amide bonds. The maximum absolute atomic E-state index is 12.3. The van der Waals surface area contributed by atoms with E-state index in [2.05, 4.69) is 22.3 Å². The maximum Gasteiger partial charge on any atom is 0.328 e. The minimum Gasteiger partial charge on any atom is -0.491 e. The molecule has 1 aromatic carbocycles. The van der Waals surface area contributed by atoms with Crippen LogP contribution in [0.25, 0.3) is 0 Å². The van der Waals surface area contributed by atoms with E-state index in [9.17, 15) is 14.4 Å². The second kappa shape index (κ2) is 14.1. The van der Waals surface area contributed by atoms with Gasteiger partial charge < -0.3 is 30.1 Å². The highest BCUT2D eigenvalue weighted by molar-refractivity contribution is 5.89. The Morgan fingerprint density at radius 2 is 1.75 bits per heavy atom. The summed E-state index contributed by atoms with van der Waals surface area (Å²) >= 11 is 0. The molecule has 0 saturated heterocycles. The Morgan fingerprint density at radius 1 is 1.09 bits per heavy atom. The molecule has 0 radical (unpaired) electrons. The molecule has 3 N–H and O–H groups in total. The molecular weight excluding hydrogens is 414 g/mol. The van der Waals surface area contributed by atoms with Gasteiger partial charge in [-0.05, 0) is 64.4 Å². The lowest BCUT2D eigenvalue weighted by Gasteiger charge is -2.28. The van der Waals surface area contributed by atoms with Gasteiger partial charge in [-0.1, -0.05) is 12.1 Å². The van der Waals surface area contributed by atoms with Gasteiger partial charge in [-0.15, -0.1) is 0 Å². The molecule has 0 heterocycles. The molecule has 0 atom stereocenters. The van der Waals surface area contributed by atoms with Gasteiger partial charge in [-0.2, -0.15) is 0 Å². The van der Waals surface area contributed by atoms with Crippen LogP contribution in [0.1, 0.15) is 31.4 Å². The normalized spacial score (nSPS) is 12.3. The summed E-state index contributed by atoms with van der Waals surface area (Å²) in [5.41, 5.74) is 2.75. The van der Waals surface area contributed by atoms with E-state index in [0.717, 1.165) is 31.7 Å². The van der Waals surface area contributed by atoms with Crippen molar-refractivity contribution in [2.75, 3.05) is 40.3 Å². The molecule has 0 bridgehead atoms. The Bertz CT molecular complexity index is 776. The van der Waals surface area contributed by atoms with E-state index in [1.54, 1.807) is 0 Å². The third kappa shape index (κ3) is 10.3. The summed E-state index contributed by atoms with van der Waals surface area (Å²) < 4.78 is 5.90. The van der Waals surface area contributed by atoms with Crippen molar-refractivity contribution in [1.82, 2.24) is 15.1 Å². The summed E-state index contributed by atoms with van der Waals surface area (Å²) in [7, 11) is 4.03. The Balaban J connectivity index is 0.000000547. The van der Waals surface area contributed by atoms with Crippen LogP contribution in [0, 0.1) is 0 Å². The van der Waals surface area contributed by atoms with E-state index in [1.807, 2.05) is 38.9 Å². The van der Waals surface area contributed by atoms with Gasteiger partial charge in [0.1, 0.15) is 12.4 Å². The lowest BCUT2D eigenvalue weighted by Crippen LogP contribution is -2.47. The lowest BCUT2D eigenvalue weighted by molar-refractivity contribution is -0.134. The number of nitrogens with one attached hydrogen (secondary N) is 1. The van der Waals surface area contributed by atoms with Crippen molar-refractivity contribution in [2.45, 2.75) is 39.2 Å². The predicted molar refractivity (Wildman–Crippen MR) is 122 cm³/mol. The molecule has 0 aliphatic heterocycles. The first-order valence-corrected chi connectivity index (χ1v) is 10.7. The van der Waals surface area contributed by atoms with Crippen molar-refractivity contribution < 1.29 is 29.3 Å². The number of aliphatic carboxylic acids is 2. The molecule has 9 nitrogen and oxygen atoms in total. The first-order valence-electron chi connectivity index (χ1n) is 10.7. The molecule has 1 aliphatic rings. The van der Waals surface area contributed by atoms with E-state index in [0.29, 0.717) is 25.3 Å². The fourth-order valence-electron chi connectivity index (χ4n) is 3.18. The zero-order chi connectivity index (χ0) is 24.1. The number of aryl methyl sites for hydroxylation is 1. The van der Waals surface area contributed by atoms with Gasteiger partial charge in [0.05, 0.1) is 6.54 Å². The van der Waals surface area contributed by atoms with E-state index in [4.69, 9.17) is 14.9 Å². The van der Waals surface area contributed by atoms with Crippen molar-refractivity contribution in [3.63, 3.8) is 0 Å². The Kier molecular flexibility index (Phi) is 11.9. The van der Waals surface area contributed by atoms with Gasteiger partial charge in [-0.25, -0.2) is 14.4 Å². The number of carboxylic acid groups (broad SMARTS) is 2. The van der Waals surface area contributed by atoms with Crippen molar-refractivity contribution in [3.8, 4) is 5.75 Å². The number of carbonyl (C=O) groups excluding carboxylic acids is 1. The summed E-state index contributed by atoms with van der Waals surface area (Å²) in [6, 6.07) is 6.43. The molecule has 1 aromatic rings. The molecule has 32 heavy (non-hydrogen) atoms. The summed E-state index contributed by atoms with van der Waals surface area (Å²) in [6.07, 6.45) is 4.58. The van der Waals surface area contributed by atoms with Crippen molar-refractivity contribution in [1.29, 1.82) is 0 Å². The third-order valence-electron chi connectivity index (χ3n) is 4.78. The van der Waals surface area contributed by atoms with Gasteiger partial charge in [0.15, 0.2) is 0 Å². The van der Waals surface area contributed by atoms with Crippen LogP contribution in [0.2, 0.25) is 0 Å². The number of likely N-dealkylation sites (N-methyl/N-ethyl adjacent to an activating group) is 1. The number of rotatable bonds is 10. The fourth-order valence-corrected chi connectivity index (χ4v) is 3.18. The Labute approximate surface area is 189 Å². The van der Waals surface area contributed by atoms with Crippen LogP contribution in [-0.4, -0.2) is 84.4 Å². The number of nitrogens with zero attached hydrogens (tertiary/aromatic N) is 2. The molecule has 178 valence electrons. The second-order valence-corrected chi connectivity index (χ2v) is 7.93. The van der Waals surface area contributed by atoms with Crippen LogP contribution in [0.5, 0.6) is 5.75 Å². The fraction of sp³-hybridized carbons (Fsp3) is 0.522. The second-order valence-electron chi connectivity index (χ2n) is 7.93. The minimum atomic E-state index is -1.26. The zero-order valence-corrected chi connectivity index (χ0v) is 19.3. The molecule has 0 saturated carbocycles. The van der Waals surface area contributed by atoms with E-state index >= 15 is 0 Å². The summed E-state index contributed by atoms with van der Waals surface area (Å²) in [5, 5.41) is 18.6. The quantitative estimate of drug-likeness (QED) is 0.370. The summed E-state index contributed by atoms with van der Waals surface area (Å²) in [4.78, 5) is 35.4. The van der Waals surface area contributed by atoms with E-state index in [-0.39, 0.29) is 12.1 Å². The first kappa shape index (κ1) is 27.0. The third-order valence-corrected chi connectivity index (χ3v) is 4.78. The highest BCUT2D eigenvalue weighted by Gasteiger charge is 2.17. The number of fused-ring (bicyclic) bond motifs is 1. The van der Waals surface area contributed by atoms with Crippen molar-refractivity contribution in [2.24, 2.45) is 0 Å². The lowest BCUT2D eigenvalue weighted by atomic mass is 10.1. The zero-order valence-electron chi connectivity index (χ0n) is 19.3. The van der Waals surface area contributed by atoms with Gasteiger partial charge in [0.25, 0.3) is 0 Å². The summed E-state index contributed by atoms with van der Waals surface area (Å²) in [6.45, 7) is 6.69. The smallest absolute Gasteiger partial charge is 0.328 e. The molecule has 0 aromatic heterocycles.